The first-order valence-corrected chi connectivity index (χ1v) is 9.21. The second-order valence-corrected chi connectivity index (χ2v) is 7.81. The van der Waals surface area contributed by atoms with Crippen molar-refractivity contribution < 1.29 is 97.5 Å². The Balaban J connectivity index is 0. The maximum Gasteiger partial charge on any atom is 1.00 e. The quantitative estimate of drug-likeness (QED) is 0.313. The minimum Gasteiger partial charge on any atom is -1.00 e. The maximum absolute atomic E-state index is 12.5. The van der Waals surface area contributed by atoms with Crippen molar-refractivity contribution in [3.05, 3.63) is 58.7 Å². The first kappa shape index (κ1) is 23.6. The molecule has 1 aliphatic rings. The Morgan fingerprint density at radius 3 is 1.88 bits per heavy atom. The van der Waals surface area contributed by atoms with Crippen molar-refractivity contribution in [1.29, 1.82) is 0 Å². The normalized spacial score (nSPS) is 13.2. The van der Waals surface area contributed by atoms with Gasteiger partial charge in [0.05, 0.1) is 10.5 Å². The molecule has 0 radical (unpaired) electrons. The van der Waals surface area contributed by atoms with Gasteiger partial charge in [0.2, 0.25) is 0 Å². The predicted molar refractivity (Wildman–Crippen MR) is 81.6 cm³/mol. The summed E-state index contributed by atoms with van der Waals surface area (Å²) in [5.74, 6) is -1.65. The van der Waals surface area contributed by atoms with E-state index in [1.54, 1.807) is 0 Å². The van der Waals surface area contributed by atoms with E-state index >= 15 is 0 Å². The summed E-state index contributed by atoms with van der Waals surface area (Å²) in [6, 6.07) is 6.10. The first-order chi connectivity index (χ1) is 11.0. The molecule has 128 valence electrons. The molecule has 0 saturated heterocycles. The van der Waals surface area contributed by atoms with E-state index in [2.05, 4.69) is 0 Å². The molecule has 1 aliphatic carbocycles. The third-order valence-electron chi connectivity index (χ3n) is 3.55. The number of ketones is 2. The van der Waals surface area contributed by atoms with Crippen LogP contribution in [0.4, 0.5) is 0 Å². The Morgan fingerprint density at radius 1 is 0.731 bits per heavy atom. The summed E-state index contributed by atoms with van der Waals surface area (Å²) in [7, 11) is -9.33. The molecular weight excluding hydrogens is 406 g/mol. The molecule has 0 fully saturated rings. The smallest absolute Gasteiger partial charge is 1.00 e. The number of hydrogen-bond donors (Lipinski definition) is 2. The number of carbonyl (C=O) groups is 2. The van der Waals surface area contributed by atoms with Crippen LogP contribution < -0.4 is 59.1 Å². The molecule has 0 amide bonds. The van der Waals surface area contributed by atoms with Gasteiger partial charge in [-0.1, -0.05) is 12.1 Å². The predicted octanol–water partition coefficient (Wildman–Crippen LogP) is -4.81. The van der Waals surface area contributed by atoms with Crippen LogP contribution in [0, 0.1) is 0 Å². The van der Waals surface area contributed by atoms with Crippen LogP contribution in [0.5, 0.6) is 0 Å². The fourth-order valence-corrected chi connectivity index (χ4v) is 3.74. The summed E-state index contributed by atoms with van der Waals surface area (Å²) < 4.78 is 63.5. The van der Waals surface area contributed by atoms with E-state index in [9.17, 15) is 31.0 Å². The first-order valence-electron chi connectivity index (χ1n) is 6.33. The van der Waals surface area contributed by atoms with Crippen LogP contribution in [0.25, 0.3) is 0 Å². The Kier molecular flexibility index (Phi) is 7.20. The molecule has 26 heavy (non-hydrogen) atoms. The van der Waals surface area contributed by atoms with Gasteiger partial charge in [-0.15, -0.1) is 0 Å². The number of fused-ring (bicyclic) bond motifs is 2. The second kappa shape index (κ2) is 7.92. The van der Waals surface area contributed by atoms with Crippen molar-refractivity contribution in [2.45, 2.75) is 9.79 Å². The Morgan fingerprint density at radius 2 is 1.35 bits per heavy atom. The summed E-state index contributed by atoms with van der Waals surface area (Å²) in [4.78, 5) is 23.8. The van der Waals surface area contributed by atoms with Crippen LogP contribution in [0.2, 0.25) is 0 Å². The fraction of sp³-hybridized carbons (Fsp3) is 0. The van der Waals surface area contributed by atoms with E-state index in [4.69, 9.17) is 4.55 Å². The molecule has 0 heterocycles. The van der Waals surface area contributed by atoms with Crippen molar-refractivity contribution in [1.82, 2.24) is 0 Å². The Bertz CT molecular complexity index is 1140. The van der Waals surface area contributed by atoms with Gasteiger partial charge in [0.1, 0.15) is 4.90 Å². The van der Waals surface area contributed by atoms with Crippen molar-refractivity contribution in [3.63, 3.8) is 0 Å². The van der Waals surface area contributed by atoms with Crippen molar-refractivity contribution in [2.24, 2.45) is 0 Å². The van der Waals surface area contributed by atoms with Gasteiger partial charge in [-0.25, -0.2) is 0 Å². The molecule has 0 unspecified atom stereocenters. The van der Waals surface area contributed by atoms with Crippen LogP contribution in [-0.4, -0.2) is 37.5 Å². The monoisotopic (exact) mass is 416 g/mol. The minimum absolute atomic E-state index is 0. The number of rotatable bonds is 2. The van der Waals surface area contributed by atoms with E-state index in [0.717, 1.165) is 24.3 Å². The number of carbonyl (C=O) groups excluding carboxylic acids is 2. The number of hydrogen-bond acceptors (Lipinski definition) is 6. The molecule has 0 aliphatic heterocycles. The van der Waals surface area contributed by atoms with E-state index < -0.39 is 47.2 Å². The van der Waals surface area contributed by atoms with Gasteiger partial charge in [0.15, 0.2) is 11.6 Å². The molecular formula is C14H10Na2O8S2. The fourth-order valence-electron chi connectivity index (χ4n) is 2.52. The van der Waals surface area contributed by atoms with E-state index in [1.165, 1.54) is 12.1 Å². The zero-order chi connectivity index (χ0) is 17.9. The summed E-state index contributed by atoms with van der Waals surface area (Å²) in [5.41, 5.74) is -1.27. The van der Waals surface area contributed by atoms with Crippen LogP contribution in [0.3, 0.4) is 0 Å². The Labute approximate surface area is 196 Å². The second-order valence-electron chi connectivity index (χ2n) is 4.99. The van der Waals surface area contributed by atoms with Crippen molar-refractivity contribution in [2.75, 3.05) is 0 Å². The van der Waals surface area contributed by atoms with Crippen LogP contribution in [-0.2, 0) is 20.2 Å². The topological polar surface area (TPSA) is 143 Å². The minimum atomic E-state index is -4.74. The van der Waals surface area contributed by atoms with E-state index in [0.29, 0.717) is 0 Å². The molecule has 2 aromatic rings. The molecule has 0 spiro atoms. The Hall–Kier alpha value is -0.400. The molecule has 8 nitrogen and oxygen atoms in total. The molecule has 2 aromatic carbocycles. The molecule has 0 bridgehead atoms. The van der Waals surface area contributed by atoms with Gasteiger partial charge in [-0.2, -0.15) is 16.8 Å². The molecule has 0 saturated carbocycles. The maximum atomic E-state index is 12.5. The van der Waals surface area contributed by atoms with Crippen LogP contribution in [0.15, 0.2) is 46.2 Å². The van der Waals surface area contributed by atoms with E-state index in [1.807, 2.05) is 0 Å². The van der Waals surface area contributed by atoms with Gasteiger partial charge in [0, 0.05) is 16.7 Å². The van der Waals surface area contributed by atoms with Crippen LogP contribution >= 0.6 is 0 Å². The average molecular weight is 416 g/mol. The molecule has 3 rings (SSSR count). The van der Waals surface area contributed by atoms with Gasteiger partial charge in [-0.05, 0) is 24.3 Å². The summed E-state index contributed by atoms with van der Waals surface area (Å²) in [6.07, 6.45) is 0. The number of benzene rings is 2. The molecule has 12 heteroatoms. The molecule has 0 aromatic heterocycles. The SMILES string of the molecule is O=C1c2cc(S(=O)(=O)O)ccc2C(=O)c2c1cccc2S(=O)(=O)O.[H-].[H-].[Na+].[Na+]. The van der Waals surface area contributed by atoms with Crippen LogP contribution in [0.1, 0.15) is 34.7 Å². The van der Waals surface area contributed by atoms with Gasteiger partial charge in [-0.3, -0.25) is 18.7 Å². The van der Waals surface area contributed by atoms with Gasteiger partial charge >= 0.3 is 59.1 Å². The zero-order valence-electron chi connectivity index (χ0n) is 15.6. The third-order valence-corrected chi connectivity index (χ3v) is 5.30. The zero-order valence-corrected chi connectivity index (χ0v) is 19.3. The van der Waals surface area contributed by atoms with Crippen molar-refractivity contribution >= 4 is 31.8 Å². The van der Waals surface area contributed by atoms with Crippen molar-refractivity contribution in [3.8, 4) is 0 Å². The summed E-state index contributed by atoms with van der Waals surface area (Å²) >= 11 is 0. The average Bonchev–Trinajstić information content (AvgIpc) is 2.49. The third kappa shape index (κ3) is 4.04. The largest absolute Gasteiger partial charge is 1.00 e. The standard InChI is InChI=1S/C14H8O8S2.2Na.2H/c15-13-9-2-1-3-11(24(20,21)22)12(9)14(16)8-5-4-7(6-10(8)13)23(17,18)19;;;;/h1-6H,(H,17,18,19)(H,20,21,22);;;;/q;2*+1;2*-1. The van der Waals surface area contributed by atoms with Gasteiger partial charge < -0.3 is 2.85 Å². The molecule has 2 N–H and O–H groups in total. The molecule has 0 atom stereocenters. The summed E-state index contributed by atoms with van der Waals surface area (Å²) in [6.45, 7) is 0. The van der Waals surface area contributed by atoms with Gasteiger partial charge in [0.25, 0.3) is 20.2 Å². The van der Waals surface area contributed by atoms with E-state index in [-0.39, 0.29) is 78.7 Å². The summed E-state index contributed by atoms with van der Waals surface area (Å²) in [5, 5.41) is 0.